The molecule has 25 heavy (non-hydrogen) atoms. The van der Waals surface area contributed by atoms with E-state index in [1.807, 2.05) is 0 Å². The van der Waals surface area contributed by atoms with E-state index in [0.717, 1.165) is 20.9 Å². The number of halogens is 4. The van der Waals surface area contributed by atoms with Crippen molar-refractivity contribution in [3.8, 4) is 5.75 Å². The van der Waals surface area contributed by atoms with Crippen molar-refractivity contribution in [2.75, 3.05) is 15.7 Å². The maximum absolute atomic E-state index is 12.6. The molecule has 0 radical (unpaired) electrons. The normalized spacial score (nSPS) is 16.0. The van der Waals surface area contributed by atoms with Crippen molar-refractivity contribution < 1.29 is 26.3 Å². The van der Waals surface area contributed by atoms with Crippen LogP contribution < -0.4 is 13.3 Å². The van der Waals surface area contributed by atoms with E-state index in [-0.39, 0.29) is 12.3 Å². The number of anilines is 2. The van der Waals surface area contributed by atoms with Gasteiger partial charge in [0.1, 0.15) is 5.75 Å². The van der Waals surface area contributed by atoms with Crippen molar-refractivity contribution in [3.63, 3.8) is 0 Å². The van der Waals surface area contributed by atoms with Crippen LogP contribution in [0.2, 0.25) is 0 Å². The lowest BCUT2D eigenvalue weighted by molar-refractivity contribution is -0.274. The first-order chi connectivity index (χ1) is 11.6. The Morgan fingerprint density at radius 2 is 1.72 bits per heavy atom. The standard InChI is InChI=1S/C15H12BrF3N2O3S/c1-20-14-8-11(16)4-7-13(14)21(25(20,22)23)9-10-2-5-12(6-3-10)24-15(17,18)19/h2-8H,9H2,1H3. The summed E-state index contributed by atoms with van der Waals surface area (Å²) in [6.07, 6.45) is -4.77. The highest BCUT2D eigenvalue weighted by atomic mass is 79.9. The van der Waals surface area contributed by atoms with Crippen LogP contribution in [0.4, 0.5) is 24.5 Å². The number of nitrogens with zero attached hydrogens (tertiary/aromatic N) is 2. The predicted molar refractivity (Wildman–Crippen MR) is 90.8 cm³/mol. The highest BCUT2D eigenvalue weighted by Crippen LogP contribution is 2.42. The lowest BCUT2D eigenvalue weighted by atomic mass is 10.2. The molecule has 0 amide bonds. The molecular formula is C15H12BrF3N2O3S. The fraction of sp³-hybridized carbons (Fsp3) is 0.200. The molecule has 1 aliphatic rings. The van der Waals surface area contributed by atoms with Gasteiger partial charge in [-0.15, -0.1) is 13.2 Å². The Bertz CT molecular complexity index is 901. The smallest absolute Gasteiger partial charge is 0.406 e. The molecule has 0 bridgehead atoms. The number of benzene rings is 2. The van der Waals surface area contributed by atoms with E-state index in [0.29, 0.717) is 16.9 Å². The van der Waals surface area contributed by atoms with Crippen LogP contribution in [0.15, 0.2) is 46.9 Å². The Kier molecular flexibility index (Phi) is 4.36. The summed E-state index contributed by atoms with van der Waals surface area (Å²) in [5.41, 5.74) is 1.55. The van der Waals surface area contributed by atoms with Crippen LogP contribution >= 0.6 is 15.9 Å². The maximum Gasteiger partial charge on any atom is 0.573 e. The number of hydrogen-bond donors (Lipinski definition) is 0. The van der Waals surface area contributed by atoms with Crippen molar-refractivity contribution in [3.05, 3.63) is 52.5 Å². The van der Waals surface area contributed by atoms with Gasteiger partial charge in [0.15, 0.2) is 0 Å². The van der Waals surface area contributed by atoms with Crippen molar-refractivity contribution in [2.24, 2.45) is 0 Å². The van der Waals surface area contributed by atoms with Crippen molar-refractivity contribution in [1.82, 2.24) is 0 Å². The van der Waals surface area contributed by atoms with E-state index in [1.165, 1.54) is 23.5 Å². The quantitative estimate of drug-likeness (QED) is 0.729. The summed E-state index contributed by atoms with van der Waals surface area (Å²) in [5, 5.41) is 0. The van der Waals surface area contributed by atoms with Crippen LogP contribution in [0.5, 0.6) is 5.75 Å². The van der Waals surface area contributed by atoms with E-state index >= 15 is 0 Å². The number of ether oxygens (including phenoxy) is 1. The molecule has 0 spiro atoms. The Hall–Kier alpha value is -1.94. The third-order valence-corrected chi connectivity index (χ3v) is 5.92. The first kappa shape index (κ1) is 17.9. The monoisotopic (exact) mass is 436 g/mol. The summed E-state index contributed by atoms with van der Waals surface area (Å²) in [6.45, 7) is -0.00635. The Morgan fingerprint density at radius 3 is 2.32 bits per heavy atom. The van der Waals surface area contributed by atoms with Gasteiger partial charge < -0.3 is 4.74 Å². The first-order valence-electron chi connectivity index (χ1n) is 6.99. The molecule has 0 atom stereocenters. The van der Waals surface area contributed by atoms with Gasteiger partial charge in [-0.2, -0.15) is 8.42 Å². The zero-order valence-corrected chi connectivity index (χ0v) is 15.2. The van der Waals surface area contributed by atoms with Crippen LogP contribution in [0.3, 0.4) is 0 Å². The molecule has 0 saturated heterocycles. The molecule has 10 heteroatoms. The Morgan fingerprint density at radius 1 is 1.08 bits per heavy atom. The second-order valence-corrected chi connectivity index (χ2v) is 8.11. The number of fused-ring (bicyclic) bond motifs is 1. The molecule has 134 valence electrons. The topological polar surface area (TPSA) is 49.9 Å². The summed E-state index contributed by atoms with van der Waals surface area (Å²) in [4.78, 5) is 0. The SMILES string of the molecule is CN1c2cc(Br)ccc2N(Cc2ccc(OC(F)(F)F)cc2)S1(=O)=O. The van der Waals surface area contributed by atoms with Crippen molar-refractivity contribution >= 4 is 37.5 Å². The zero-order valence-electron chi connectivity index (χ0n) is 12.8. The lowest BCUT2D eigenvalue weighted by Crippen LogP contribution is -2.35. The minimum atomic E-state index is -4.77. The summed E-state index contributed by atoms with van der Waals surface area (Å²) in [5.74, 6) is -0.359. The molecule has 2 aromatic rings. The van der Waals surface area contributed by atoms with Crippen LogP contribution in [0.25, 0.3) is 0 Å². The van der Waals surface area contributed by atoms with E-state index in [4.69, 9.17) is 0 Å². The van der Waals surface area contributed by atoms with Gasteiger partial charge in [0.05, 0.1) is 17.9 Å². The van der Waals surface area contributed by atoms with Gasteiger partial charge in [0.2, 0.25) is 0 Å². The highest BCUT2D eigenvalue weighted by Gasteiger charge is 2.38. The average Bonchev–Trinajstić information content (AvgIpc) is 2.69. The van der Waals surface area contributed by atoms with Gasteiger partial charge in [-0.1, -0.05) is 28.1 Å². The van der Waals surface area contributed by atoms with Gasteiger partial charge >= 0.3 is 16.6 Å². The molecule has 0 aromatic heterocycles. The number of hydrogen-bond acceptors (Lipinski definition) is 3. The lowest BCUT2D eigenvalue weighted by Gasteiger charge is -2.19. The van der Waals surface area contributed by atoms with Crippen molar-refractivity contribution in [1.29, 1.82) is 0 Å². The number of rotatable bonds is 3. The molecule has 0 saturated carbocycles. The molecule has 0 N–H and O–H groups in total. The van der Waals surface area contributed by atoms with Crippen LogP contribution in [-0.2, 0) is 16.8 Å². The predicted octanol–water partition coefficient (Wildman–Crippen LogP) is 4.05. The maximum atomic E-state index is 12.6. The molecular weight excluding hydrogens is 425 g/mol. The summed E-state index contributed by atoms with van der Waals surface area (Å²) in [6, 6.07) is 10.2. The fourth-order valence-electron chi connectivity index (χ4n) is 2.49. The zero-order chi connectivity index (χ0) is 18.4. The molecule has 3 rings (SSSR count). The minimum Gasteiger partial charge on any atom is -0.406 e. The van der Waals surface area contributed by atoms with Gasteiger partial charge in [-0.05, 0) is 35.9 Å². The van der Waals surface area contributed by atoms with Crippen LogP contribution in [-0.4, -0.2) is 21.8 Å². The first-order valence-corrected chi connectivity index (χ1v) is 9.18. The molecule has 0 fully saturated rings. The fourth-order valence-corrected chi connectivity index (χ4v) is 4.24. The van der Waals surface area contributed by atoms with E-state index < -0.39 is 16.6 Å². The van der Waals surface area contributed by atoms with Gasteiger partial charge in [0.25, 0.3) is 0 Å². The number of alkyl halides is 3. The van der Waals surface area contributed by atoms with E-state index in [9.17, 15) is 21.6 Å². The Balaban J connectivity index is 1.88. The largest absolute Gasteiger partial charge is 0.573 e. The van der Waals surface area contributed by atoms with E-state index in [2.05, 4.69) is 20.7 Å². The van der Waals surface area contributed by atoms with Gasteiger partial charge in [-0.25, -0.2) is 4.31 Å². The molecule has 5 nitrogen and oxygen atoms in total. The van der Waals surface area contributed by atoms with Crippen LogP contribution in [0.1, 0.15) is 5.56 Å². The van der Waals surface area contributed by atoms with Gasteiger partial charge in [0, 0.05) is 11.5 Å². The third kappa shape index (κ3) is 3.54. The van der Waals surface area contributed by atoms with Gasteiger partial charge in [-0.3, -0.25) is 4.31 Å². The molecule has 0 aliphatic carbocycles. The van der Waals surface area contributed by atoms with Crippen molar-refractivity contribution in [2.45, 2.75) is 12.9 Å². The second-order valence-electron chi connectivity index (χ2n) is 5.31. The Labute approximate surface area is 150 Å². The molecule has 1 aliphatic heterocycles. The summed E-state index contributed by atoms with van der Waals surface area (Å²) >= 11 is 3.30. The highest BCUT2D eigenvalue weighted by molar-refractivity contribution is 9.10. The summed E-state index contributed by atoms with van der Waals surface area (Å²) in [7, 11) is -2.30. The molecule has 2 aromatic carbocycles. The third-order valence-electron chi connectivity index (χ3n) is 3.65. The summed E-state index contributed by atoms with van der Waals surface area (Å²) < 4.78 is 68.7. The molecule has 1 heterocycles. The second kappa shape index (κ2) is 6.10. The molecule has 0 unspecified atom stereocenters. The average molecular weight is 437 g/mol. The minimum absolute atomic E-state index is 0.00635. The van der Waals surface area contributed by atoms with Crippen LogP contribution in [0, 0.1) is 0 Å². The van der Waals surface area contributed by atoms with E-state index in [1.54, 1.807) is 18.2 Å².